The highest BCUT2D eigenvalue weighted by Gasteiger charge is 2.36. The number of nitrogens with zero attached hydrogens (tertiary/aromatic N) is 2. The lowest BCUT2D eigenvalue weighted by atomic mass is 9.92. The molecule has 2 rings (SSSR count). The van der Waals surface area contributed by atoms with Gasteiger partial charge >= 0.3 is 0 Å². The summed E-state index contributed by atoms with van der Waals surface area (Å²) in [6.07, 6.45) is 2.37. The summed E-state index contributed by atoms with van der Waals surface area (Å²) < 4.78 is 27.4. The van der Waals surface area contributed by atoms with Gasteiger partial charge in [-0.25, -0.2) is 8.78 Å². The highest BCUT2D eigenvalue weighted by atomic mass is 35.5. The fourth-order valence-corrected chi connectivity index (χ4v) is 2.07. The number of hydrogen-bond acceptors (Lipinski definition) is 1. The highest BCUT2D eigenvalue weighted by molar-refractivity contribution is 6.29. The van der Waals surface area contributed by atoms with E-state index in [0.29, 0.717) is 18.0 Å². The molecule has 78 valence electrons. The zero-order chi connectivity index (χ0) is 10.2. The summed E-state index contributed by atoms with van der Waals surface area (Å²) in [6, 6.07) is 1.71. The maximum absolute atomic E-state index is 12.9. The van der Waals surface area contributed by atoms with Gasteiger partial charge in [-0.3, -0.25) is 4.68 Å². The van der Waals surface area contributed by atoms with Crippen LogP contribution in [-0.4, -0.2) is 15.7 Å². The SMILES string of the molecule is FC1(F)CCC(n2nccc2Cl)CC1. The molecule has 1 aromatic heterocycles. The number of halogens is 3. The van der Waals surface area contributed by atoms with Crippen molar-refractivity contribution in [1.29, 1.82) is 0 Å². The first-order chi connectivity index (χ1) is 6.58. The molecule has 1 aliphatic carbocycles. The molecule has 2 nitrogen and oxygen atoms in total. The molecule has 0 bridgehead atoms. The van der Waals surface area contributed by atoms with Crippen LogP contribution in [0.5, 0.6) is 0 Å². The summed E-state index contributed by atoms with van der Waals surface area (Å²) in [5.41, 5.74) is 0. The van der Waals surface area contributed by atoms with Crippen LogP contribution in [0.1, 0.15) is 31.7 Å². The minimum atomic E-state index is -2.49. The van der Waals surface area contributed by atoms with Crippen molar-refractivity contribution in [3.8, 4) is 0 Å². The standard InChI is InChI=1S/C9H11ClF2N2/c10-8-3-6-13-14(8)7-1-4-9(11,12)5-2-7/h3,6-7H,1-2,4-5H2. The minimum Gasteiger partial charge on any atom is -0.251 e. The zero-order valence-electron chi connectivity index (χ0n) is 7.59. The molecule has 0 aromatic carbocycles. The van der Waals surface area contributed by atoms with Gasteiger partial charge in [-0.15, -0.1) is 0 Å². The fourth-order valence-electron chi connectivity index (χ4n) is 1.84. The summed E-state index contributed by atoms with van der Waals surface area (Å²) in [5.74, 6) is -2.49. The molecule has 0 spiro atoms. The van der Waals surface area contributed by atoms with Crippen LogP contribution in [0.25, 0.3) is 0 Å². The van der Waals surface area contributed by atoms with Crippen LogP contribution < -0.4 is 0 Å². The van der Waals surface area contributed by atoms with E-state index in [1.807, 2.05) is 0 Å². The second-order valence-electron chi connectivity index (χ2n) is 3.69. The van der Waals surface area contributed by atoms with E-state index in [2.05, 4.69) is 5.10 Å². The number of hydrogen-bond donors (Lipinski definition) is 0. The van der Waals surface area contributed by atoms with E-state index in [4.69, 9.17) is 11.6 Å². The predicted octanol–water partition coefficient (Wildman–Crippen LogP) is 3.29. The van der Waals surface area contributed by atoms with Crippen molar-refractivity contribution in [2.75, 3.05) is 0 Å². The second-order valence-corrected chi connectivity index (χ2v) is 4.07. The molecule has 0 aliphatic heterocycles. The lowest BCUT2D eigenvalue weighted by molar-refractivity contribution is -0.0449. The van der Waals surface area contributed by atoms with Crippen LogP contribution >= 0.6 is 11.6 Å². The third-order valence-corrected chi connectivity index (χ3v) is 2.95. The van der Waals surface area contributed by atoms with Gasteiger partial charge < -0.3 is 0 Å². The first kappa shape index (κ1) is 9.90. The molecule has 1 aromatic rings. The Morgan fingerprint density at radius 1 is 1.43 bits per heavy atom. The third kappa shape index (κ3) is 1.90. The van der Waals surface area contributed by atoms with E-state index in [-0.39, 0.29) is 18.9 Å². The van der Waals surface area contributed by atoms with Crippen molar-refractivity contribution < 1.29 is 8.78 Å². The summed E-state index contributed by atoms with van der Waals surface area (Å²) >= 11 is 5.86. The van der Waals surface area contributed by atoms with Gasteiger partial charge in [0.15, 0.2) is 0 Å². The van der Waals surface area contributed by atoms with Crippen molar-refractivity contribution in [3.05, 3.63) is 17.4 Å². The van der Waals surface area contributed by atoms with Gasteiger partial charge in [-0.2, -0.15) is 5.10 Å². The molecule has 0 saturated heterocycles. The molecule has 0 N–H and O–H groups in total. The van der Waals surface area contributed by atoms with Crippen molar-refractivity contribution >= 4 is 11.6 Å². The average molecular weight is 221 g/mol. The Morgan fingerprint density at radius 2 is 2.07 bits per heavy atom. The van der Waals surface area contributed by atoms with Gasteiger partial charge in [0, 0.05) is 12.8 Å². The van der Waals surface area contributed by atoms with Gasteiger partial charge in [0.25, 0.3) is 0 Å². The largest absolute Gasteiger partial charge is 0.251 e. The maximum atomic E-state index is 12.9. The monoisotopic (exact) mass is 220 g/mol. The molecular formula is C9H11ClF2N2. The van der Waals surface area contributed by atoms with E-state index in [9.17, 15) is 8.78 Å². The Morgan fingerprint density at radius 3 is 2.57 bits per heavy atom. The van der Waals surface area contributed by atoms with E-state index in [1.54, 1.807) is 16.9 Å². The lowest BCUT2D eigenvalue weighted by Gasteiger charge is -2.28. The third-order valence-electron chi connectivity index (χ3n) is 2.65. The normalized spacial score (nSPS) is 22.5. The molecular weight excluding hydrogens is 210 g/mol. The molecule has 0 unspecified atom stereocenters. The molecule has 1 fully saturated rings. The zero-order valence-corrected chi connectivity index (χ0v) is 8.34. The molecule has 0 atom stereocenters. The number of aromatic nitrogens is 2. The Kier molecular flexibility index (Phi) is 2.47. The van der Waals surface area contributed by atoms with Crippen LogP contribution in [0, 0.1) is 0 Å². The van der Waals surface area contributed by atoms with Gasteiger partial charge in [-0.05, 0) is 18.9 Å². The average Bonchev–Trinajstić information content (AvgIpc) is 2.52. The van der Waals surface area contributed by atoms with Crippen LogP contribution in [0.2, 0.25) is 5.15 Å². The highest BCUT2D eigenvalue weighted by Crippen LogP contribution is 2.38. The van der Waals surface area contributed by atoms with Crippen molar-refractivity contribution in [3.63, 3.8) is 0 Å². The number of alkyl halides is 2. The Hall–Kier alpha value is -0.640. The summed E-state index contributed by atoms with van der Waals surface area (Å²) in [7, 11) is 0. The molecule has 1 saturated carbocycles. The minimum absolute atomic E-state index is 0.0390. The molecule has 1 heterocycles. The molecule has 14 heavy (non-hydrogen) atoms. The van der Waals surface area contributed by atoms with Gasteiger partial charge in [0.2, 0.25) is 5.92 Å². The van der Waals surface area contributed by atoms with Crippen LogP contribution in [0.15, 0.2) is 12.3 Å². The van der Waals surface area contributed by atoms with Crippen LogP contribution in [0.3, 0.4) is 0 Å². The first-order valence-electron chi connectivity index (χ1n) is 4.65. The van der Waals surface area contributed by atoms with Crippen molar-refractivity contribution in [2.45, 2.75) is 37.6 Å². The molecule has 0 radical (unpaired) electrons. The summed E-state index contributed by atoms with van der Waals surface area (Å²) in [5, 5.41) is 4.56. The van der Waals surface area contributed by atoms with E-state index < -0.39 is 5.92 Å². The Labute approximate surface area is 85.9 Å². The first-order valence-corrected chi connectivity index (χ1v) is 5.03. The second kappa shape index (κ2) is 3.50. The van der Waals surface area contributed by atoms with Crippen molar-refractivity contribution in [2.24, 2.45) is 0 Å². The van der Waals surface area contributed by atoms with Crippen molar-refractivity contribution in [1.82, 2.24) is 9.78 Å². The topological polar surface area (TPSA) is 17.8 Å². The lowest BCUT2D eigenvalue weighted by Crippen LogP contribution is -2.26. The molecule has 5 heteroatoms. The molecule has 1 aliphatic rings. The van der Waals surface area contributed by atoms with Gasteiger partial charge in [0.1, 0.15) is 5.15 Å². The Bertz CT molecular complexity index is 314. The predicted molar refractivity (Wildman–Crippen MR) is 49.7 cm³/mol. The maximum Gasteiger partial charge on any atom is 0.248 e. The van der Waals surface area contributed by atoms with E-state index in [1.165, 1.54) is 0 Å². The smallest absolute Gasteiger partial charge is 0.248 e. The quantitative estimate of drug-likeness (QED) is 0.710. The van der Waals surface area contributed by atoms with E-state index >= 15 is 0 Å². The summed E-state index contributed by atoms with van der Waals surface area (Å²) in [4.78, 5) is 0. The van der Waals surface area contributed by atoms with E-state index in [0.717, 1.165) is 0 Å². The fraction of sp³-hybridized carbons (Fsp3) is 0.667. The van der Waals surface area contributed by atoms with Gasteiger partial charge in [0.05, 0.1) is 12.2 Å². The van der Waals surface area contributed by atoms with Gasteiger partial charge in [-0.1, -0.05) is 11.6 Å². The van der Waals surface area contributed by atoms with Crippen LogP contribution in [-0.2, 0) is 0 Å². The van der Waals surface area contributed by atoms with Crippen LogP contribution in [0.4, 0.5) is 8.78 Å². The Balaban J connectivity index is 2.06. The number of rotatable bonds is 1. The molecule has 0 amide bonds. The summed E-state index contributed by atoms with van der Waals surface area (Å²) in [6.45, 7) is 0.